The molecule has 1 aliphatic rings. The van der Waals surface area contributed by atoms with Crippen molar-refractivity contribution in [3.8, 4) is 35.2 Å². The van der Waals surface area contributed by atoms with Gasteiger partial charge in [0.25, 0.3) is 0 Å². The van der Waals surface area contributed by atoms with Gasteiger partial charge in [-0.05, 0) is 25.0 Å². The first-order valence-electron chi connectivity index (χ1n) is 7.35. The maximum atomic E-state index is 8.51. The molecule has 0 unspecified atom stereocenters. The molecule has 21 heavy (non-hydrogen) atoms. The van der Waals surface area contributed by atoms with E-state index < -0.39 is 0 Å². The molecule has 0 aromatic heterocycles. The van der Waals surface area contributed by atoms with E-state index in [1.165, 1.54) is 12.8 Å². The molecule has 0 fully saturated rings. The normalized spacial score (nSPS) is 11.3. The van der Waals surface area contributed by atoms with Gasteiger partial charge in [-0.15, -0.1) is 5.92 Å². The summed E-state index contributed by atoms with van der Waals surface area (Å²) in [6, 6.07) is 5.74. The molecule has 0 saturated heterocycles. The molecule has 1 aromatic carbocycles. The van der Waals surface area contributed by atoms with Crippen LogP contribution in [-0.2, 0) is 0 Å². The molecule has 0 amide bonds. The van der Waals surface area contributed by atoms with Crippen LogP contribution in [0.1, 0.15) is 44.1 Å². The zero-order valence-electron chi connectivity index (χ0n) is 12.2. The average Bonchev–Trinajstić information content (AvgIpc) is 2.51. The van der Waals surface area contributed by atoms with Crippen molar-refractivity contribution in [3.05, 3.63) is 23.8 Å². The summed E-state index contributed by atoms with van der Waals surface area (Å²) in [7, 11) is 0. The van der Waals surface area contributed by atoms with Crippen molar-refractivity contribution >= 4 is 0 Å². The Morgan fingerprint density at radius 2 is 1.76 bits per heavy atom. The van der Waals surface area contributed by atoms with Gasteiger partial charge >= 0.3 is 0 Å². The molecule has 1 N–H and O–H groups in total. The maximum Gasteiger partial charge on any atom is 0.230 e. The average molecular weight is 284 g/mol. The Morgan fingerprint density at radius 3 is 2.57 bits per heavy atom. The van der Waals surface area contributed by atoms with Gasteiger partial charge < -0.3 is 14.6 Å². The second-order valence-electron chi connectivity index (χ2n) is 4.79. The summed E-state index contributed by atoms with van der Waals surface area (Å²) >= 11 is 0. The molecule has 2 rings (SSSR count). The topological polar surface area (TPSA) is 38.7 Å². The van der Waals surface area contributed by atoms with E-state index >= 15 is 0 Å². The molecule has 0 spiro atoms. The number of rotatable bonds is 5. The van der Waals surface area contributed by atoms with Gasteiger partial charge in [-0.3, -0.25) is 0 Å². The van der Waals surface area contributed by atoms with Crippen molar-refractivity contribution in [2.75, 3.05) is 13.4 Å². The van der Waals surface area contributed by atoms with Crippen LogP contribution in [0.15, 0.2) is 18.2 Å². The molecule has 1 aromatic rings. The summed E-state index contributed by atoms with van der Waals surface area (Å²) in [5, 5.41) is 8.51. The van der Waals surface area contributed by atoms with Gasteiger partial charge in [-0.1, -0.05) is 30.6 Å². The fraction of sp³-hybridized carbons (Fsp3) is 0.444. The van der Waals surface area contributed by atoms with Crippen LogP contribution < -0.4 is 9.47 Å². The van der Waals surface area contributed by atoms with Gasteiger partial charge in [0.05, 0.1) is 5.56 Å². The van der Waals surface area contributed by atoms with E-state index in [4.69, 9.17) is 14.6 Å². The van der Waals surface area contributed by atoms with E-state index in [0.717, 1.165) is 42.7 Å². The third-order valence-corrected chi connectivity index (χ3v) is 3.17. The highest BCUT2D eigenvalue weighted by molar-refractivity contribution is 5.50. The lowest BCUT2D eigenvalue weighted by molar-refractivity contribution is 0.105. The lowest BCUT2D eigenvalue weighted by Crippen LogP contribution is -2.11. The molecule has 0 atom stereocenters. The first-order valence-corrected chi connectivity index (χ1v) is 7.35. The first-order chi connectivity index (χ1) is 10.4. The second-order valence-corrected chi connectivity index (χ2v) is 4.79. The van der Waals surface area contributed by atoms with E-state index in [1.807, 2.05) is 18.2 Å². The summed E-state index contributed by atoms with van der Waals surface area (Å²) in [6.07, 6.45) is 6.33. The number of hydrogen-bond donors (Lipinski definition) is 1. The predicted molar refractivity (Wildman–Crippen MR) is 82.0 cm³/mol. The zero-order valence-corrected chi connectivity index (χ0v) is 12.2. The van der Waals surface area contributed by atoms with E-state index in [9.17, 15) is 0 Å². The molecule has 1 heterocycles. The molecule has 1 aliphatic heterocycles. The third kappa shape index (κ3) is 5.42. The van der Waals surface area contributed by atoms with Crippen LogP contribution in [0.25, 0.3) is 0 Å². The highest BCUT2D eigenvalue weighted by atomic mass is 16.7. The van der Waals surface area contributed by atoms with E-state index in [0.29, 0.717) is 0 Å². The van der Waals surface area contributed by atoms with Gasteiger partial charge in [0.2, 0.25) is 6.79 Å². The Balaban J connectivity index is 1.64. The summed E-state index contributed by atoms with van der Waals surface area (Å²) in [4.78, 5) is 0. The van der Waals surface area contributed by atoms with Crippen LogP contribution >= 0.6 is 0 Å². The standard InChI is InChI=1S/C18H20O3/c19-13-9-7-5-3-1-2-4-6-8-10-16-11-12-17-14-18(16)21-15-20-17/h11-12,14,19H,1-6,13,15H2. The molecule has 2 bridgehead atoms. The Kier molecular flexibility index (Phi) is 6.52. The highest BCUT2D eigenvalue weighted by Crippen LogP contribution is 2.27. The molecular weight excluding hydrogens is 264 g/mol. The van der Waals surface area contributed by atoms with Crippen LogP contribution in [0, 0.1) is 23.7 Å². The van der Waals surface area contributed by atoms with Crippen LogP contribution in [0.4, 0.5) is 0 Å². The number of ether oxygens (including phenoxy) is 2. The van der Waals surface area contributed by atoms with Crippen molar-refractivity contribution in [1.82, 2.24) is 0 Å². The number of aliphatic hydroxyl groups is 1. The second kappa shape index (κ2) is 8.95. The summed E-state index contributed by atoms with van der Waals surface area (Å²) < 4.78 is 10.6. The van der Waals surface area contributed by atoms with E-state index in [1.54, 1.807) is 0 Å². The van der Waals surface area contributed by atoms with Crippen LogP contribution in [-0.4, -0.2) is 18.5 Å². The monoisotopic (exact) mass is 284 g/mol. The van der Waals surface area contributed by atoms with Crippen LogP contribution in [0.5, 0.6) is 11.5 Å². The maximum absolute atomic E-state index is 8.51. The Morgan fingerprint density at radius 1 is 0.952 bits per heavy atom. The minimum absolute atomic E-state index is 0.0333. The smallest absolute Gasteiger partial charge is 0.230 e. The number of fused-ring (bicyclic) bond motifs is 2. The number of unbranched alkanes of at least 4 members (excludes halogenated alkanes) is 5. The molecule has 0 saturated carbocycles. The number of benzene rings is 1. The molecular formula is C18H20O3. The summed E-state index contributed by atoms with van der Waals surface area (Å²) in [5.41, 5.74) is 0.932. The Labute approximate surface area is 126 Å². The molecule has 3 nitrogen and oxygen atoms in total. The molecule has 0 radical (unpaired) electrons. The highest BCUT2D eigenvalue weighted by Gasteiger charge is 2.09. The molecule has 110 valence electrons. The fourth-order valence-corrected chi connectivity index (χ4v) is 2.06. The van der Waals surface area contributed by atoms with Crippen molar-refractivity contribution in [2.24, 2.45) is 0 Å². The van der Waals surface area contributed by atoms with Gasteiger partial charge in [-0.2, -0.15) is 0 Å². The number of aliphatic hydroxyl groups excluding tert-OH is 1. The fourth-order valence-electron chi connectivity index (χ4n) is 2.06. The van der Waals surface area contributed by atoms with E-state index in [2.05, 4.69) is 23.7 Å². The largest absolute Gasteiger partial charge is 0.457 e. The van der Waals surface area contributed by atoms with Crippen molar-refractivity contribution in [2.45, 2.75) is 38.5 Å². The first kappa shape index (κ1) is 15.3. The lowest BCUT2D eigenvalue weighted by Gasteiger charge is -2.16. The zero-order chi connectivity index (χ0) is 14.8. The third-order valence-electron chi connectivity index (χ3n) is 3.17. The van der Waals surface area contributed by atoms with Gasteiger partial charge in [0, 0.05) is 18.9 Å². The SMILES string of the molecule is OCC#CCCCCCCC#Cc1ccc2cc1OCO2. The quantitative estimate of drug-likeness (QED) is 0.667. The van der Waals surface area contributed by atoms with E-state index in [-0.39, 0.29) is 13.4 Å². The molecule has 0 aliphatic carbocycles. The van der Waals surface area contributed by atoms with Gasteiger partial charge in [0.1, 0.15) is 18.1 Å². The van der Waals surface area contributed by atoms with Gasteiger partial charge in [0.15, 0.2) is 0 Å². The van der Waals surface area contributed by atoms with Crippen molar-refractivity contribution in [3.63, 3.8) is 0 Å². The minimum Gasteiger partial charge on any atom is -0.457 e. The summed E-state index contributed by atoms with van der Waals surface area (Å²) in [5.74, 6) is 13.6. The minimum atomic E-state index is -0.0333. The summed E-state index contributed by atoms with van der Waals surface area (Å²) in [6.45, 7) is 0.240. The predicted octanol–water partition coefficient (Wildman–Crippen LogP) is 3.10. The van der Waals surface area contributed by atoms with Crippen molar-refractivity contribution < 1.29 is 14.6 Å². The Hall–Kier alpha value is -2.10. The molecule has 3 heteroatoms. The lowest BCUT2D eigenvalue weighted by atomic mass is 10.1. The van der Waals surface area contributed by atoms with Crippen LogP contribution in [0.3, 0.4) is 0 Å². The van der Waals surface area contributed by atoms with Crippen molar-refractivity contribution in [1.29, 1.82) is 0 Å². The Bertz CT molecular complexity index is 570. The number of hydrogen-bond acceptors (Lipinski definition) is 3. The van der Waals surface area contributed by atoms with Crippen LogP contribution in [0.2, 0.25) is 0 Å². The van der Waals surface area contributed by atoms with Gasteiger partial charge in [-0.25, -0.2) is 0 Å².